The maximum atomic E-state index is 14.0. The highest BCUT2D eigenvalue weighted by Crippen LogP contribution is 2.55. The van der Waals surface area contributed by atoms with Crippen LogP contribution in [-0.2, 0) is 32.0 Å². The first-order chi connectivity index (χ1) is 16.8. The van der Waals surface area contributed by atoms with E-state index in [1.807, 2.05) is 20.8 Å². The van der Waals surface area contributed by atoms with E-state index in [9.17, 15) is 9.18 Å². The Hall–Kier alpha value is -1.51. The molecule has 5 rings (SSSR count). The maximum Gasteiger partial charge on any atom is 0.410 e. The molecule has 1 spiro atoms. The summed E-state index contributed by atoms with van der Waals surface area (Å²) < 4.78 is 29.2. The average Bonchev–Trinajstić information content (AvgIpc) is 3.34. The van der Waals surface area contributed by atoms with E-state index in [1.54, 1.807) is 29.0 Å². The van der Waals surface area contributed by atoms with Crippen molar-refractivity contribution in [3.63, 3.8) is 0 Å². The molecule has 0 saturated carbocycles. The van der Waals surface area contributed by atoms with E-state index in [0.29, 0.717) is 19.7 Å². The first-order valence-electron chi connectivity index (χ1n) is 12.2. The standard InChI is InChI=1S/C27H31Cl2FN2O3S/c1-6-26(13-25(5,36-31-26)18-10-20(28)22(30)21(29)11-18)17-7-8-19-16(9-17)12-34-27(19)14-32(15-27)23(33)35-24(2,3)4/h7-11,31H,6,12-15H2,1-5H3. The van der Waals surface area contributed by atoms with Crippen LogP contribution in [0.25, 0.3) is 0 Å². The largest absolute Gasteiger partial charge is 0.444 e. The molecule has 3 aliphatic rings. The van der Waals surface area contributed by atoms with Crippen molar-refractivity contribution in [2.45, 2.75) is 75.6 Å². The van der Waals surface area contributed by atoms with Gasteiger partial charge in [0.2, 0.25) is 0 Å². The highest BCUT2D eigenvalue weighted by atomic mass is 35.5. The fourth-order valence-electron chi connectivity index (χ4n) is 5.48. The van der Waals surface area contributed by atoms with Gasteiger partial charge >= 0.3 is 6.09 Å². The lowest BCUT2D eigenvalue weighted by Gasteiger charge is -2.47. The number of halogens is 3. The first-order valence-corrected chi connectivity index (χ1v) is 13.7. The fraction of sp³-hybridized carbons (Fsp3) is 0.519. The van der Waals surface area contributed by atoms with Crippen molar-refractivity contribution in [2.24, 2.45) is 0 Å². The molecule has 2 unspecified atom stereocenters. The SMILES string of the molecule is CCC1(c2ccc3c(c2)COC32CN(C(=O)OC(C)(C)C)C2)CC(C)(c2cc(Cl)c(F)c(Cl)c2)SN1. The van der Waals surface area contributed by atoms with Gasteiger partial charge in [-0.05, 0) is 74.9 Å². The Morgan fingerprint density at radius 3 is 2.47 bits per heavy atom. The van der Waals surface area contributed by atoms with Crippen molar-refractivity contribution in [1.29, 1.82) is 0 Å². The molecule has 2 aromatic carbocycles. The molecule has 0 aromatic heterocycles. The molecule has 2 atom stereocenters. The summed E-state index contributed by atoms with van der Waals surface area (Å²) in [7, 11) is 0. The number of carbonyl (C=O) groups is 1. The maximum absolute atomic E-state index is 14.0. The van der Waals surface area contributed by atoms with Crippen molar-refractivity contribution >= 4 is 41.2 Å². The second-order valence-electron chi connectivity index (χ2n) is 11.3. The van der Waals surface area contributed by atoms with Crippen molar-refractivity contribution in [2.75, 3.05) is 13.1 Å². The Kier molecular flexibility index (Phi) is 6.36. The number of nitrogens with zero attached hydrogens (tertiary/aromatic N) is 1. The molecule has 1 N–H and O–H groups in total. The van der Waals surface area contributed by atoms with E-state index < -0.39 is 17.0 Å². The van der Waals surface area contributed by atoms with Gasteiger partial charge in [0, 0.05) is 0 Å². The number of carbonyl (C=O) groups excluding carboxylic acids is 1. The molecule has 0 bridgehead atoms. The van der Waals surface area contributed by atoms with E-state index in [4.69, 9.17) is 32.7 Å². The number of nitrogens with one attached hydrogen (secondary N) is 1. The van der Waals surface area contributed by atoms with Gasteiger partial charge in [0.15, 0.2) is 5.82 Å². The van der Waals surface area contributed by atoms with Crippen molar-refractivity contribution in [1.82, 2.24) is 9.62 Å². The zero-order chi connectivity index (χ0) is 26.1. The average molecular weight is 554 g/mol. The molecule has 2 aromatic rings. The Morgan fingerprint density at radius 1 is 1.19 bits per heavy atom. The molecule has 9 heteroatoms. The number of benzene rings is 2. The summed E-state index contributed by atoms with van der Waals surface area (Å²) in [5.74, 6) is -0.586. The van der Waals surface area contributed by atoms with Gasteiger partial charge in [0.1, 0.15) is 11.2 Å². The Labute approximate surface area is 226 Å². The van der Waals surface area contributed by atoms with Crippen molar-refractivity contribution in [3.8, 4) is 0 Å². The van der Waals surface area contributed by atoms with Crippen LogP contribution < -0.4 is 4.72 Å². The number of hydrogen-bond donors (Lipinski definition) is 1. The lowest BCUT2D eigenvalue weighted by molar-refractivity contribution is -0.137. The molecule has 2 saturated heterocycles. The first kappa shape index (κ1) is 26.1. The van der Waals surface area contributed by atoms with Gasteiger partial charge in [0.25, 0.3) is 0 Å². The van der Waals surface area contributed by atoms with Crippen molar-refractivity contribution < 1.29 is 18.7 Å². The molecule has 5 nitrogen and oxygen atoms in total. The second kappa shape index (κ2) is 8.77. The molecular formula is C27H31Cl2FN2O3S. The number of ether oxygens (including phenoxy) is 2. The summed E-state index contributed by atoms with van der Waals surface area (Å²) in [6, 6.07) is 9.90. The molecule has 36 heavy (non-hydrogen) atoms. The molecule has 2 fully saturated rings. The van der Waals surface area contributed by atoms with Crippen LogP contribution in [0.2, 0.25) is 10.0 Å². The van der Waals surface area contributed by atoms with Crippen LogP contribution in [0.1, 0.15) is 69.7 Å². The highest BCUT2D eigenvalue weighted by Gasteiger charge is 2.53. The van der Waals surface area contributed by atoms with Crippen LogP contribution in [0.15, 0.2) is 30.3 Å². The minimum absolute atomic E-state index is 0.0363. The minimum atomic E-state index is -0.586. The topological polar surface area (TPSA) is 50.8 Å². The monoisotopic (exact) mass is 552 g/mol. The minimum Gasteiger partial charge on any atom is -0.444 e. The van der Waals surface area contributed by atoms with Gasteiger partial charge in [-0.2, -0.15) is 0 Å². The van der Waals surface area contributed by atoms with Gasteiger partial charge in [-0.3, -0.25) is 4.72 Å². The summed E-state index contributed by atoms with van der Waals surface area (Å²) >= 11 is 13.9. The second-order valence-corrected chi connectivity index (χ2v) is 13.4. The molecular weight excluding hydrogens is 522 g/mol. The van der Waals surface area contributed by atoms with Crippen LogP contribution in [-0.4, -0.2) is 29.7 Å². The Bertz CT molecular complexity index is 1210. The molecule has 0 radical (unpaired) electrons. The third kappa shape index (κ3) is 4.31. The van der Waals surface area contributed by atoms with Gasteiger partial charge in [-0.25, -0.2) is 9.18 Å². The van der Waals surface area contributed by atoms with E-state index in [-0.39, 0.29) is 26.4 Å². The molecule has 3 aliphatic heterocycles. The smallest absolute Gasteiger partial charge is 0.410 e. The summed E-state index contributed by atoms with van der Waals surface area (Å²) in [4.78, 5) is 14.1. The van der Waals surface area contributed by atoms with Crippen LogP contribution in [0.3, 0.4) is 0 Å². The third-order valence-electron chi connectivity index (χ3n) is 7.51. The summed E-state index contributed by atoms with van der Waals surface area (Å²) in [5, 5.41) is 0.0726. The normalized spacial score (nSPS) is 26.7. The lowest BCUT2D eigenvalue weighted by Crippen LogP contribution is -2.61. The van der Waals surface area contributed by atoms with E-state index in [0.717, 1.165) is 29.5 Å². The van der Waals surface area contributed by atoms with Crippen LogP contribution in [0.5, 0.6) is 0 Å². The summed E-state index contributed by atoms with van der Waals surface area (Å²) in [5.41, 5.74) is 3.11. The number of hydrogen-bond acceptors (Lipinski definition) is 5. The highest BCUT2D eigenvalue weighted by molar-refractivity contribution is 7.98. The number of rotatable bonds is 3. The zero-order valence-electron chi connectivity index (χ0n) is 21.1. The van der Waals surface area contributed by atoms with Gasteiger partial charge < -0.3 is 14.4 Å². The predicted molar refractivity (Wildman–Crippen MR) is 142 cm³/mol. The van der Waals surface area contributed by atoms with Crippen molar-refractivity contribution in [3.05, 3.63) is 68.4 Å². The quantitative estimate of drug-likeness (QED) is 0.320. The lowest BCUT2D eigenvalue weighted by atomic mass is 9.76. The van der Waals surface area contributed by atoms with Gasteiger partial charge in [0.05, 0.1) is 40.0 Å². The summed E-state index contributed by atoms with van der Waals surface area (Å²) in [6.45, 7) is 11.4. The predicted octanol–water partition coefficient (Wildman–Crippen LogP) is 7.27. The fourth-order valence-corrected chi connectivity index (χ4v) is 7.28. The Morgan fingerprint density at radius 2 is 1.86 bits per heavy atom. The number of fused-ring (bicyclic) bond motifs is 2. The van der Waals surface area contributed by atoms with E-state index >= 15 is 0 Å². The van der Waals surface area contributed by atoms with E-state index in [1.165, 1.54) is 5.56 Å². The Balaban J connectivity index is 1.37. The summed E-state index contributed by atoms with van der Waals surface area (Å²) in [6.07, 6.45) is 1.35. The molecule has 1 amide bonds. The molecule has 194 valence electrons. The number of amides is 1. The van der Waals surface area contributed by atoms with E-state index in [2.05, 4.69) is 36.8 Å². The van der Waals surface area contributed by atoms with Gasteiger partial charge in [-0.15, -0.1) is 0 Å². The van der Waals surface area contributed by atoms with Crippen LogP contribution >= 0.6 is 35.1 Å². The van der Waals surface area contributed by atoms with Crippen LogP contribution in [0.4, 0.5) is 9.18 Å². The number of likely N-dealkylation sites (tertiary alicyclic amines) is 1. The molecule has 0 aliphatic carbocycles. The van der Waals surface area contributed by atoms with Crippen LogP contribution in [0, 0.1) is 5.82 Å². The van der Waals surface area contributed by atoms with Gasteiger partial charge in [-0.1, -0.05) is 60.3 Å². The molecule has 3 heterocycles. The third-order valence-corrected chi connectivity index (χ3v) is 9.38. The zero-order valence-corrected chi connectivity index (χ0v) is 23.5.